The van der Waals surface area contributed by atoms with Crippen LogP contribution < -0.4 is 11.0 Å². The van der Waals surface area contributed by atoms with E-state index in [1.807, 2.05) is 7.05 Å². The molecule has 0 saturated heterocycles. The van der Waals surface area contributed by atoms with Crippen molar-refractivity contribution >= 4 is 11.8 Å². The number of benzene rings is 1. The normalized spacial score (nSPS) is 14.7. The average Bonchev–Trinajstić information content (AvgIpc) is 3.18. The van der Waals surface area contributed by atoms with E-state index in [2.05, 4.69) is 40.6 Å². The molecule has 1 aromatic carbocycles. The van der Waals surface area contributed by atoms with Gasteiger partial charge in [0.25, 0.3) is 0 Å². The second kappa shape index (κ2) is 5.46. The van der Waals surface area contributed by atoms with E-state index in [1.165, 1.54) is 11.1 Å². The fraction of sp³-hybridized carbons (Fsp3) is 0.429. The Morgan fingerprint density at radius 1 is 1.50 bits per heavy atom. The second-order valence-corrected chi connectivity index (χ2v) is 6.17. The van der Waals surface area contributed by atoms with Gasteiger partial charge in [0.05, 0.1) is 0 Å². The Morgan fingerprint density at radius 3 is 3.00 bits per heavy atom. The van der Waals surface area contributed by atoms with Crippen molar-refractivity contribution in [1.82, 2.24) is 20.1 Å². The number of nitrogens with zero attached hydrogens (tertiary/aromatic N) is 2. The summed E-state index contributed by atoms with van der Waals surface area (Å²) < 4.78 is 1.79. The number of aryl methyl sites for hydroxylation is 1. The summed E-state index contributed by atoms with van der Waals surface area (Å²) in [5, 5.41) is 10.7. The fourth-order valence-corrected chi connectivity index (χ4v) is 3.27. The molecule has 0 amide bonds. The third-order valence-corrected chi connectivity index (χ3v) is 4.46. The van der Waals surface area contributed by atoms with Crippen molar-refractivity contribution in [2.45, 2.75) is 42.4 Å². The Balaban J connectivity index is 1.93. The molecule has 0 bridgehead atoms. The summed E-state index contributed by atoms with van der Waals surface area (Å²) in [7, 11) is 1.94. The van der Waals surface area contributed by atoms with E-state index in [0.717, 1.165) is 29.4 Å². The van der Waals surface area contributed by atoms with E-state index in [-0.39, 0.29) is 5.69 Å². The number of aromatic nitrogens is 3. The topological polar surface area (TPSA) is 62.7 Å². The Labute approximate surface area is 121 Å². The Hall–Kier alpha value is -1.53. The molecule has 0 aliphatic heterocycles. The number of nitrogens with one attached hydrogen (secondary N) is 2. The highest BCUT2D eigenvalue weighted by atomic mass is 32.2. The minimum absolute atomic E-state index is 0.0997. The van der Waals surface area contributed by atoms with Gasteiger partial charge in [0.15, 0.2) is 5.16 Å². The number of rotatable bonds is 5. The first-order valence-corrected chi connectivity index (χ1v) is 7.59. The van der Waals surface area contributed by atoms with E-state index >= 15 is 0 Å². The summed E-state index contributed by atoms with van der Waals surface area (Å²) >= 11 is 1.56. The van der Waals surface area contributed by atoms with E-state index < -0.39 is 0 Å². The zero-order valence-electron chi connectivity index (χ0n) is 11.6. The number of hydrogen-bond donors (Lipinski definition) is 2. The van der Waals surface area contributed by atoms with Gasteiger partial charge in [-0.25, -0.2) is 9.89 Å². The van der Waals surface area contributed by atoms with Crippen molar-refractivity contribution < 1.29 is 0 Å². The van der Waals surface area contributed by atoms with Gasteiger partial charge in [-0.15, -0.1) is 5.10 Å². The van der Waals surface area contributed by atoms with Gasteiger partial charge in [0.1, 0.15) is 0 Å². The summed E-state index contributed by atoms with van der Waals surface area (Å²) in [6, 6.07) is 6.70. The first-order valence-electron chi connectivity index (χ1n) is 6.78. The number of H-pyrrole nitrogens is 1. The molecule has 2 N–H and O–H groups in total. The van der Waals surface area contributed by atoms with Crippen LogP contribution in [-0.4, -0.2) is 21.8 Å². The molecule has 1 fully saturated rings. The number of aromatic amines is 1. The molecule has 3 rings (SSSR count). The van der Waals surface area contributed by atoms with Gasteiger partial charge in [-0.3, -0.25) is 4.57 Å². The van der Waals surface area contributed by atoms with Crippen LogP contribution in [0.4, 0.5) is 0 Å². The molecule has 1 aromatic heterocycles. The average molecular weight is 290 g/mol. The van der Waals surface area contributed by atoms with Crippen molar-refractivity contribution in [3.05, 3.63) is 39.8 Å². The molecule has 1 aliphatic carbocycles. The summed E-state index contributed by atoms with van der Waals surface area (Å²) in [6.07, 6.45) is 2.15. The van der Waals surface area contributed by atoms with Gasteiger partial charge in [0.2, 0.25) is 0 Å². The zero-order valence-corrected chi connectivity index (χ0v) is 12.5. The third-order valence-electron chi connectivity index (χ3n) is 3.37. The first-order chi connectivity index (χ1) is 9.69. The summed E-state index contributed by atoms with van der Waals surface area (Å²) in [4.78, 5) is 12.9. The maximum atomic E-state index is 11.8. The molecule has 0 atom stereocenters. The van der Waals surface area contributed by atoms with Crippen LogP contribution in [0.3, 0.4) is 0 Å². The van der Waals surface area contributed by atoms with Crippen molar-refractivity contribution in [2.24, 2.45) is 0 Å². The summed E-state index contributed by atoms with van der Waals surface area (Å²) in [6.45, 7) is 2.89. The van der Waals surface area contributed by atoms with Crippen LogP contribution in [0.5, 0.6) is 0 Å². The van der Waals surface area contributed by atoms with E-state index in [0.29, 0.717) is 6.04 Å². The highest BCUT2D eigenvalue weighted by Crippen LogP contribution is 2.38. The van der Waals surface area contributed by atoms with Gasteiger partial charge >= 0.3 is 5.69 Å². The summed E-state index contributed by atoms with van der Waals surface area (Å²) in [5.74, 6) is 0. The molecule has 6 heteroatoms. The van der Waals surface area contributed by atoms with Crippen molar-refractivity contribution in [3.63, 3.8) is 0 Å². The maximum absolute atomic E-state index is 11.8. The van der Waals surface area contributed by atoms with Crippen LogP contribution in [0.2, 0.25) is 0 Å². The van der Waals surface area contributed by atoms with Crippen molar-refractivity contribution in [2.75, 3.05) is 7.05 Å². The molecule has 0 spiro atoms. The zero-order chi connectivity index (χ0) is 14.1. The molecule has 1 heterocycles. The Bertz CT molecular complexity index is 672. The molecular formula is C14H18N4OS. The van der Waals surface area contributed by atoms with Gasteiger partial charge in [-0.1, -0.05) is 17.7 Å². The Kier molecular flexibility index (Phi) is 3.67. The van der Waals surface area contributed by atoms with Crippen LogP contribution in [0.25, 0.3) is 0 Å². The van der Waals surface area contributed by atoms with Crippen LogP contribution in [-0.2, 0) is 6.54 Å². The molecule has 106 valence electrons. The first kappa shape index (κ1) is 13.5. The molecule has 2 aromatic rings. The molecule has 0 unspecified atom stereocenters. The minimum atomic E-state index is -0.0997. The van der Waals surface area contributed by atoms with Gasteiger partial charge in [0, 0.05) is 17.5 Å². The van der Waals surface area contributed by atoms with Crippen molar-refractivity contribution in [3.8, 4) is 0 Å². The van der Waals surface area contributed by atoms with E-state index in [1.54, 1.807) is 16.3 Å². The molecule has 1 aliphatic rings. The maximum Gasteiger partial charge on any atom is 0.344 e. The van der Waals surface area contributed by atoms with Gasteiger partial charge < -0.3 is 5.32 Å². The monoisotopic (exact) mass is 290 g/mol. The van der Waals surface area contributed by atoms with Gasteiger partial charge in [-0.05, 0) is 50.2 Å². The molecule has 5 nitrogen and oxygen atoms in total. The lowest BCUT2D eigenvalue weighted by atomic mass is 10.1. The predicted octanol–water partition coefficient (Wildman–Crippen LogP) is 2.09. The van der Waals surface area contributed by atoms with Crippen LogP contribution in [0.1, 0.15) is 30.0 Å². The van der Waals surface area contributed by atoms with E-state index in [4.69, 9.17) is 0 Å². The molecular weight excluding hydrogens is 272 g/mol. The lowest BCUT2D eigenvalue weighted by Crippen LogP contribution is -2.16. The van der Waals surface area contributed by atoms with Crippen LogP contribution >= 0.6 is 11.8 Å². The molecule has 0 radical (unpaired) electrons. The molecule has 1 saturated carbocycles. The van der Waals surface area contributed by atoms with Gasteiger partial charge in [-0.2, -0.15) is 0 Å². The standard InChI is InChI=1S/C14H18N4OS/c1-9-3-6-12(10(7-9)8-15-2)20-14-17-16-13(19)18(14)11-4-5-11/h3,6-7,11,15H,4-5,8H2,1-2H3,(H,16,19). The Morgan fingerprint density at radius 2 is 2.30 bits per heavy atom. The van der Waals surface area contributed by atoms with Crippen LogP contribution in [0.15, 0.2) is 33.0 Å². The highest BCUT2D eigenvalue weighted by Gasteiger charge is 2.28. The largest absolute Gasteiger partial charge is 0.344 e. The predicted molar refractivity (Wildman–Crippen MR) is 79.2 cm³/mol. The quantitative estimate of drug-likeness (QED) is 0.885. The lowest BCUT2D eigenvalue weighted by molar-refractivity contribution is 0.642. The van der Waals surface area contributed by atoms with Crippen molar-refractivity contribution in [1.29, 1.82) is 0 Å². The smallest absolute Gasteiger partial charge is 0.316 e. The fourth-order valence-electron chi connectivity index (χ4n) is 2.25. The van der Waals surface area contributed by atoms with E-state index in [9.17, 15) is 4.79 Å². The van der Waals surface area contributed by atoms with Crippen LogP contribution in [0, 0.1) is 6.92 Å². The second-order valence-electron chi connectivity index (χ2n) is 5.16. The SMILES string of the molecule is CNCc1cc(C)ccc1Sc1n[nH]c(=O)n1C1CC1. The summed E-state index contributed by atoms with van der Waals surface area (Å²) in [5.41, 5.74) is 2.37. The molecule has 20 heavy (non-hydrogen) atoms. The third kappa shape index (κ3) is 2.66. The lowest BCUT2D eigenvalue weighted by Gasteiger charge is -2.10. The minimum Gasteiger partial charge on any atom is -0.316 e. The highest BCUT2D eigenvalue weighted by molar-refractivity contribution is 7.99. The number of hydrogen-bond acceptors (Lipinski definition) is 4.